The number of morpholine rings is 1. The average molecular weight is 310 g/mol. The summed E-state index contributed by atoms with van der Waals surface area (Å²) in [6, 6.07) is 1.60. The standard InChI is InChI=1S/C15H22N2O5/c18-14(19)2-6-17(15(20)13-3-9-22-12-13)5-1-4-16-7-10-21-11-8-16/h3,9,12H,1-2,4-8,10-11H2,(H,18,19). The highest BCUT2D eigenvalue weighted by Crippen LogP contribution is 2.08. The Morgan fingerprint density at radius 2 is 2.05 bits per heavy atom. The molecule has 1 saturated heterocycles. The predicted molar refractivity (Wildman–Crippen MR) is 78.7 cm³/mol. The number of rotatable bonds is 8. The van der Waals surface area contributed by atoms with E-state index in [0.29, 0.717) is 12.1 Å². The zero-order chi connectivity index (χ0) is 15.8. The molecule has 0 aliphatic carbocycles. The zero-order valence-corrected chi connectivity index (χ0v) is 12.6. The van der Waals surface area contributed by atoms with Gasteiger partial charge in [-0.05, 0) is 12.5 Å². The van der Waals surface area contributed by atoms with Gasteiger partial charge in [0.05, 0.1) is 31.5 Å². The summed E-state index contributed by atoms with van der Waals surface area (Å²) in [5.41, 5.74) is 0.455. The highest BCUT2D eigenvalue weighted by Gasteiger charge is 2.18. The molecule has 7 nitrogen and oxygen atoms in total. The smallest absolute Gasteiger partial charge is 0.305 e. The summed E-state index contributed by atoms with van der Waals surface area (Å²) in [5.74, 6) is -1.09. The maximum atomic E-state index is 12.3. The first kappa shape index (κ1) is 16.5. The lowest BCUT2D eigenvalue weighted by atomic mass is 10.2. The lowest BCUT2D eigenvalue weighted by Crippen LogP contribution is -2.39. The van der Waals surface area contributed by atoms with E-state index >= 15 is 0 Å². The topological polar surface area (TPSA) is 83.2 Å². The lowest BCUT2D eigenvalue weighted by Gasteiger charge is -2.28. The van der Waals surface area contributed by atoms with Crippen LogP contribution in [0, 0.1) is 0 Å². The van der Waals surface area contributed by atoms with E-state index in [-0.39, 0.29) is 18.9 Å². The Morgan fingerprint density at radius 3 is 2.68 bits per heavy atom. The SMILES string of the molecule is O=C(O)CCN(CCCN1CCOCC1)C(=O)c1ccoc1. The van der Waals surface area contributed by atoms with Gasteiger partial charge in [-0.15, -0.1) is 0 Å². The van der Waals surface area contributed by atoms with E-state index in [2.05, 4.69) is 4.90 Å². The van der Waals surface area contributed by atoms with Crippen LogP contribution in [0.5, 0.6) is 0 Å². The van der Waals surface area contributed by atoms with Gasteiger partial charge in [0.25, 0.3) is 5.91 Å². The first-order valence-corrected chi connectivity index (χ1v) is 7.50. The van der Waals surface area contributed by atoms with Gasteiger partial charge in [-0.1, -0.05) is 0 Å². The molecule has 22 heavy (non-hydrogen) atoms. The first-order chi connectivity index (χ1) is 10.7. The molecule has 0 radical (unpaired) electrons. The summed E-state index contributed by atoms with van der Waals surface area (Å²) < 4.78 is 10.2. The normalized spacial score (nSPS) is 15.6. The minimum absolute atomic E-state index is 0.0544. The molecule has 0 bridgehead atoms. The number of ether oxygens (including phenoxy) is 1. The largest absolute Gasteiger partial charge is 0.481 e. The van der Waals surface area contributed by atoms with Crippen LogP contribution in [0.1, 0.15) is 23.2 Å². The van der Waals surface area contributed by atoms with E-state index in [9.17, 15) is 9.59 Å². The van der Waals surface area contributed by atoms with Crippen LogP contribution >= 0.6 is 0 Å². The number of hydrogen-bond donors (Lipinski definition) is 1. The van der Waals surface area contributed by atoms with Gasteiger partial charge in [0, 0.05) is 32.7 Å². The second kappa shape index (κ2) is 8.55. The summed E-state index contributed by atoms with van der Waals surface area (Å²) in [6.45, 7) is 4.94. The molecule has 0 saturated carbocycles. The first-order valence-electron chi connectivity index (χ1n) is 7.50. The monoisotopic (exact) mass is 310 g/mol. The van der Waals surface area contributed by atoms with Gasteiger partial charge in [-0.25, -0.2) is 0 Å². The van der Waals surface area contributed by atoms with Gasteiger partial charge in [0.2, 0.25) is 0 Å². The number of carboxylic acids is 1. The van der Waals surface area contributed by atoms with Gasteiger partial charge >= 0.3 is 5.97 Å². The molecule has 1 aromatic rings. The van der Waals surface area contributed by atoms with E-state index in [1.165, 1.54) is 12.5 Å². The Kier molecular flexibility index (Phi) is 6.42. The molecule has 1 aliphatic heterocycles. The quantitative estimate of drug-likeness (QED) is 0.769. The lowest BCUT2D eigenvalue weighted by molar-refractivity contribution is -0.137. The summed E-state index contributed by atoms with van der Waals surface area (Å²) in [5, 5.41) is 8.83. The molecule has 0 spiro atoms. The minimum atomic E-state index is -0.904. The fourth-order valence-corrected chi connectivity index (χ4v) is 2.42. The van der Waals surface area contributed by atoms with Crippen molar-refractivity contribution >= 4 is 11.9 Å². The van der Waals surface area contributed by atoms with Crippen molar-refractivity contribution in [1.82, 2.24) is 9.80 Å². The van der Waals surface area contributed by atoms with Crippen LogP contribution in [0.4, 0.5) is 0 Å². The van der Waals surface area contributed by atoms with E-state index in [0.717, 1.165) is 39.3 Å². The number of carbonyl (C=O) groups is 2. The number of amides is 1. The highest BCUT2D eigenvalue weighted by atomic mass is 16.5. The Labute approximate surface area is 129 Å². The van der Waals surface area contributed by atoms with Crippen molar-refractivity contribution in [1.29, 1.82) is 0 Å². The van der Waals surface area contributed by atoms with Gasteiger partial charge in [0.1, 0.15) is 6.26 Å². The molecule has 0 unspecified atom stereocenters. The maximum absolute atomic E-state index is 12.3. The van der Waals surface area contributed by atoms with Crippen molar-refractivity contribution in [3.05, 3.63) is 24.2 Å². The number of furan rings is 1. The van der Waals surface area contributed by atoms with Crippen molar-refractivity contribution in [3.8, 4) is 0 Å². The van der Waals surface area contributed by atoms with Gasteiger partial charge < -0.3 is 19.2 Å². The van der Waals surface area contributed by atoms with Crippen molar-refractivity contribution in [2.45, 2.75) is 12.8 Å². The van der Waals surface area contributed by atoms with Crippen LogP contribution in [-0.4, -0.2) is 72.7 Å². The van der Waals surface area contributed by atoms with Crippen LogP contribution in [0.15, 0.2) is 23.0 Å². The van der Waals surface area contributed by atoms with E-state index < -0.39 is 5.97 Å². The molecule has 1 aromatic heterocycles. The summed E-state index contributed by atoms with van der Waals surface area (Å²) >= 11 is 0. The molecule has 0 atom stereocenters. The van der Waals surface area contributed by atoms with Crippen LogP contribution in [-0.2, 0) is 9.53 Å². The van der Waals surface area contributed by atoms with Crippen LogP contribution in [0.2, 0.25) is 0 Å². The number of nitrogens with zero attached hydrogens (tertiary/aromatic N) is 2. The van der Waals surface area contributed by atoms with Crippen molar-refractivity contribution in [3.63, 3.8) is 0 Å². The minimum Gasteiger partial charge on any atom is -0.481 e. The number of carbonyl (C=O) groups excluding carboxylic acids is 1. The van der Waals surface area contributed by atoms with Crippen molar-refractivity contribution < 1.29 is 23.8 Å². The second-order valence-corrected chi connectivity index (χ2v) is 5.26. The average Bonchev–Trinajstić information content (AvgIpc) is 3.05. The predicted octanol–water partition coefficient (Wildman–Crippen LogP) is 0.919. The molecular formula is C15H22N2O5. The van der Waals surface area contributed by atoms with Gasteiger partial charge in [-0.2, -0.15) is 0 Å². The van der Waals surface area contributed by atoms with Crippen LogP contribution in [0.25, 0.3) is 0 Å². The Morgan fingerprint density at radius 1 is 1.27 bits per heavy atom. The molecule has 2 rings (SSSR count). The Hall–Kier alpha value is -1.86. The summed E-state index contributed by atoms with van der Waals surface area (Å²) in [6.07, 6.45) is 3.58. The van der Waals surface area contributed by atoms with Crippen molar-refractivity contribution in [2.75, 3.05) is 45.9 Å². The number of hydrogen-bond acceptors (Lipinski definition) is 5. The summed E-state index contributed by atoms with van der Waals surface area (Å²) in [7, 11) is 0. The van der Waals surface area contributed by atoms with Crippen molar-refractivity contribution in [2.24, 2.45) is 0 Å². The third-order valence-electron chi connectivity index (χ3n) is 3.66. The molecule has 7 heteroatoms. The maximum Gasteiger partial charge on any atom is 0.305 e. The highest BCUT2D eigenvalue weighted by molar-refractivity contribution is 5.94. The molecule has 0 aromatic carbocycles. The fourth-order valence-electron chi connectivity index (χ4n) is 2.42. The number of aliphatic carboxylic acids is 1. The molecule has 1 aliphatic rings. The molecular weight excluding hydrogens is 288 g/mol. The molecule has 2 heterocycles. The van der Waals surface area contributed by atoms with Gasteiger partial charge in [-0.3, -0.25) is 14.5 Å². The Bertz CT molecular complexity index is 468. The third-order valence-corrected chi connectivity index (χ3v) is 3.66. The zero-order valence-electron chi connectivity index (χ0n) is 12.6. The molecule has 1 amide bonds. The molecule has 1 fully saturated rings. The van der Waals surface area contributed by atoms with Crippen LogP contribution in [0.3, 0.4) is 0 Å². The van der Waals surface area contributed by atoms with E-state index in [1.54, 1.807) is 11.0 Å². The second-order valence-electron chi connectivity index (χ2n) is 5.26. The van der Waals surface area contributed by atoms with Gasteiger partial charge in [0.15, 0.2) is 0 Å². The fraction of sp³-hybridized carbons (Fsp3) is 0.600. The van der Waals surface area contributed by atoms with E-state index in [4.69, 9.17) is 14.3 Å². The molecule has 1 N–H and O–H groups in total. The Balaban J connectivity index is 1.83. The summed E-state index contributed by atoms with van der Waals surface area (Å²) in [4.78, 5) is 27.0. The van der Waals surface area contributed by atoms with Crippen LogP contribution < -0.4 is 0 Å². The van der Waals surface area contributed by atoms with E-state index in [1.807, 2.05) is 0 Å². The number of carboxylic acid groups (broad SMARTS) is 1. The molecule has 122 valence electrons. The third kappa shape index (κ3) is 5.16.